The summed E-state index contributed by atoms with van der Waals surface area (Å²) in [6, 6.07) is 1.79. The molecule has 1 aromatic heterocycles. The molecular weight excluding hydrogens is 300 g/mol. The number of carboxylic acids is 1. The molecule has 5 nitrogen and oxygen atoms in total. The highest BCUT2D eigenvalue weighted by molar-refractivity contribution is 9.10. The summed E-state index contributed by atoms with van der Waals surface area (Å²) in [5.41, 5.74) is 1.76. The predicted molar refractivity (Wildman–Crippen MR) is 69.5 cm³/mol. The zero-order valence-corrected chi connectivity index (χ0v) is 11.7. The van der Waals surface area contributed by atoms with Crippen LogP contribution in [0.15, 0.2) is 10.5 Å². The maximum Gasteiger partial charge on any atom is 0.308 e. The van der Waals surface area contributed by atoms with Crippen LogP contribution >= 0.6 is 15.9 Å². The molecule has 0 aromatic carbocycles. The number of amides is 1. The third-order valence-electron chi connectivity index (χ3n) is 3.04. The van der Waals surface area contributed by atoms with Crippen LogP contribution in [-0.4, -0.2) is 28.5 Å². The molecule has 1 aromatic rings. The second-order valence-corrected chi connectivity index (χ2v) is 5.23. The summed E-state index contributed by atoms with van der Waals surface area (Å²) in [4.78, 5) is 28.5. The van der Waals surface area contributed by atoms with E-state index in [1.165, 1.54) is 4.90 Å². The Bertz CT molecular complexity index is 507. The highest BCUT2D eigenvalue weighted by atomic mass is 79.9. The lowest BCUT2D eigenvalue weighted by atomic mass is 10.1. The molecule has 1 aliphatic rings. The number of aliphatic carboxylic acids is 1. The summed E-state index contributed by atoms with van der Waals surface area (Å²) >= 11 is 3.41. The molecule has 18 heavy (non-hydrogen) atoms. The molecule has 0 spiro atoms. The zero-order valence-electron chi connectivity index (χ0n) is 10.1. The first-order valence-corrected chi connectivity index (χ1v) is 6.36. The van der Waals surface area contributed by atoms with Crippen LogP contribution < -0.4 is 4.90 Å². The van der Waals surface area contributed by atoms with Crippen LogP contribution in [0.3, 0.4) is 0 Å². The monoisotopic (exact) mass is 312 g/mol. The number of nitrogens with zero attached hydrogens (tertiary/aromatic N) is 2. The van der Waals surface area contributed by atoms with Crippen molar-refractivity contribution in [1.82, 2.24) is 4.98 Å². The van der Waals surface area contributed by atoms with Gasteiger partial charge >= 0.3 is 5.97 Å². The first-order chi connectivity index (χ1) is 8.40. The van der Waals surface area contributed by atoms with Crippen molar-refractivity contribution in [3.63, 3.8) is 0 Å². The van der Waals surface area contributed by atoms with Crippen molar-refractivity contribution < 1.29 is 14.7 Å². The molecule has 0 aliphatic carbocycles. The number of carbonyl (C=O) groups is 2. The summed E-state index contributed by atoms with van der Waals surface area (Å²) in [5, 5.41) is 8.94. The van der Waals surface area contributed by atoms with E-state index in [1.54, 1.807) is 6.07 Å². The number of anilines is 1. The Labute approximate surface area is 113 Å². The minimum Gasteiger partial charge on any atom is -0.481 e. The minimum absolute atomic E-state index is 0.0468. The molecule has 2 rings (SSSR count). The van der Waals surface area contributed by atoms with Gasteiger partial charge in [-0.2, -0.15) is 0 Å². The number of pyridine rings is 1. The summed E-state index contributed by atoms with van der Waals surface area (Å²) in [5.74, 6) is -1.22. The van der Waals surface area contributed by atoms with Gasteiger partial charge in [-0.1, -0.05) is 0 Å². The van der Waals surface area contributed by atoms with E-state index in [2.05, 4.69) is 20.9 Å². The van der Waals surface area contributed by atoms with E-state index in [9.17, 15) is 9.59 Å². The van der Waals surface area contributed by atoms with E-state index in [1.807, 2.05) is 13.8 Å². The van der Waals surface area contributed by atoms with Gasteiger partial charge in [-0.15, -0.1) is 0 Å². The van der Waals surface area contributed by atoms with Crippen molar-refractivity contribution in [1.29, 1.82) is 0 Å². The van der Waals surface area contributed by atoms with Crippen LogP contribution in [0, 0.1) is 19.8 Å². The molecule has 1 saturated heterocycles. The van der Waals surface area contributed by atoms with Gasteiger partial charge in [0.2, 0.25) is 5.91 Å². The predicted octanol–water partition coefficient (Wildman–Crippen LogP) is 1.90. The van der Waals surface area contributed by atoms with E-state index in [4.69, 9.17) is 5.11 Å². The first kappa shape index (κ1) is 13.0. The molecule has 1 unspecified atom stereocenters. The highest BCUT2D eigenvalue weighted by Crippen LogP contribution is 2.28. The van der Waals surface area contributed by atoms with Crippen molar-refractivity contribution in [2.24, 2.45) is 5.92 Å². The number of aromatic nitrogens is 1. The van der Waals surface area contributed by atoms with Gasteiger partial charge in [0.05, 0.1) is 11.6 Å². The number of carbonyl (C=O) groups excluding carboxylic acids is 1. The van der Waals surface area contributed by atoms with Gasteiger partial charge in [0.1, 0.15) is 5.82 Å². The number of carboxylic acid groups (broad SMARTS) is 1. The van der Waals surface area contributed by atoms with Gasteiger partial charge < -0.3 is 5.11 Å². The maximum atomic E-state index is 11.8. The molecule has 1 atom stereocenters. The number of rotatable bonds is 2. The van der Waals surface area contributed by atoms with Gasteiger partial charge in [0, 0.05) is 17.4 Å². The van der Waals surface area contributed by atoms with Crippen LogP contribution in [0.2, 0.25) is 0 Å². The standard InChI is InChI=1S/C12H13BrN2O3/c1-6-3-9(14-7(2)11(6)13)15-5-8(12(17)18)4-10(15)16/h3,8H,4-5H2,1-2H3,(H,17,18). The smallest absolute Gasteiger partial charge is 0.308 e. The normalized spacial score (nSPS) is 19.4. The number of aryl methyl sites for hydroxylation is 2. The van der Waals surface area contributed by atoms with Crippen molar-refractivity contribution in [3.05, 3.63) is 21.8 Å². The SMILES string of the molecule is Cc1cc(N2CC(C(=O)O)CC2=O)nc(C)c1Br. The first-order valence-electron chi connectivity index (χ1n) is 5.57. The van der Waals surface area contributed by atoms with Crippen LogP contribution in [0.4, 0.5) is 5.82 Å². The van der Waals surface area contributed by atoms with Crippen molar-refractivity contribution >= 4 is 33.6 Å². The lowest BCUT2D eigenvalue weighted by Gasteiger charge is -2.17. The van der Waals surface area contributed by atoms with Crippen molar-refractivity contribution in [2.75, 3.05) is 11.4 Å². The minimum atomic E-state index is -0.934. The fourth-order valence-electron chi connectivity index (χ4n) is 2.03. The number of hydrogen-bond donors (Lipinski definition) is 1. The molecule has 1 amide bonds. The van der Waals surface area contributed by atoms with E-state index in [0.29, 0.717) is 5.82 Å². The molecule has 1 N–H and O–H groups in total. The Balaban J connectivity index is 2.33. The largest absolute Gasteiger partial charge is 0.481 e. The fraction of sp³-hybridized carbons (Fsp3) is 0.417. The Morgan fingerprint density at radius 3 is 2.72 bits per heavy atom. The Hall–Kier alpha value is -1.43. The van der Waals surface area contributed by atoms with Crippen molar-refractivity contribution in [3.8, 4) is 0 Å². The van der Waals surface area contributed by atoms with Gasteiger partial charge in [-0.05, 0) is 41.4 Å². The van der Waals surface area contributed by atoms with Crippen LogP contribution in [0.5, 0.6) is 0 Å². The van der Waals surface area contributed by atoms with Gasteiger partial charge in [0.25, 0.3) is 0 Å². The van der Waals surface area contributed by atoms with E-state index in [0.717, 1.165) is 15.7 Å². The molecule has 1 aliphatic heterocycles. The second kappa shape index (κ2) is 4.68. The van der Waals surface area contributed by atoms with E-state index >= 15 is 0 Å². The summed E-state index contributed by atoms with van der Waals surface area (Å²) in [6.07, 6.45) is 0.0468. The average molecular weight is 313 g/mol. The molecule has 1 fully saturated rings. The Morgan fingerprint density at radius 2 is 2.22 bits per heavy atom. The molecule has 6 heteroatoms. The van der Waals surface area contributed by atoms with Crippen LogP contribution in [0.25, 0.3) is 0 Å². The summed E-state index contributed by atoms with van der Waals surface area (Å²) in [7, 11) is 0. The molecule has 0 saturated carbocycles. The van der Waals surface area contributed by atoms with Gasteiger partial charge in [-0.25, -0.2) is 4.98 Å². The fourth-order valence-corrected chi connectivity index (χ4v) is 2.23. The van der Waals surface area contributed by atoms with Gasteiger partial charge in [-0.3, -0.25) is 14.5 Å². The summed E-state index contributed by atoms with van der Waals surface area (Å²) in [6.45, 7) is 3.95. The molecule has 0 radical (unpaired) electrons. The average Bonchev–Trinajstić information content (AvgIpc) is 2.68. The quantitative estimate of drug-likeness (QED) is 0.905. The summed E-state index contributed by atoms with van der Waals surface area (Å²) < 4.78 is 0.910. The third-order valence-corrected chi connectivity index (χ3v) is 4.24. The number of halogens is 1. The second-order valence-electron chi connectivity index (χ2n) is 4.44. The van der Waals surface area contributed by atoms with Crippen LogP contribution in [0.1, 0.15) is 17.7 Å². The van der Waals surface area contributed by atoms with E-state index < -0.39 is 11.9 Å². The molecule has 96 valence electrons. The van der Waals surface area contributed by atoms with Crippen LogP contribution in [-0.2, 0) is 9.59 Å². The molecule has 2 heterocycles. The molecule has 0 bridgehead atoms. The number of hydrogen-bond acceptors (Lipinski definition) is 3. The third kappa shape index (κ3) is 2.25. The van der Waals surface area contributed by atoms with Gasteiger partial charge in [0.15, 0.2) is 0 Å². The van der Waals surface area contributed by atoms with E-state index in [-0.39, 0.29) is 18.9 Å². The lowest BCUT2D eigenvalue weighted by molar-refractivity contribution is -0.141. The topological polar surface area (TPSA) is 70.5 Å². The maximum absolute atomic E-state index is 11.8. The Morgan fingerprint density at radius 1 is 1.56 bits per heavy atom. The zero-order chi connectivity index (χ0) is 13.4. The lowest BCUT2D eigenvalue weighted by Crippen LogP contribution is -2.27. The Kier molecular flexibility index (Phi) is 3.38. The van der Waals surface area contributed by atoms with Crippen molar-refractivity contribution in [2.45, 2.75) is 20.3 Å². The molecular formula is C12H13BrN2O3. The highest BCUT2D eigenvalue weighted by Gasteiger charge is 2.35.